The largest absolute Gasteiger partial charge is 0.360 e. The lowest BCUT2D eigenvalue weighted by atomic mass is 10.1. The van der Waals surface area contributed by atoms with E-state index in [9.17, 15) is 4.79 Å². The van der Waals surface area contributed by atoms with Crippen molar-refractivity contribution in [1.29, 1.82) is 0 Å². The van der Waals surface area contributed by atoms with Gasteiger partial charge in [0, 0.05) is 28.9 Å². The van der Waals surface area contributed by atoms with E-state index in [1.807, 2.05) is 57.2 Å². The van der Waals surface area contributed by atoms with Crippen LogP contribution in [0.3, 0.4) is 0 Å². The normalized spacial score (nSPS) is 11.3. The van der Waals surface area contributed by atoms with Crippen molar-refractivity contribution in [2.45, 2.75) is 26.3 Å². The quantitative estimate of drug-likeness (QED) is 0.766. The number of hydrogen-bond acceptors (Lipinski definition) is 5. The third-order valence-electron chi connectivity index (χ3n) is 3.45. The van der Waals surface area contributed by atoms with Crippen LogP contribution in [-0.4, -0.2) is 32.9 Å². The lowest BCUT2D eigenvalue weighted by molar-refractivity contribution is -0.120. The van der Waals surface area contributed by atoms with Crippen LogP contribution in [-0.2, 0) is 4.79 Å². The van der Waals surface area contributed by atoms with Crippen molar-refractivity contribution in [3.63, 3.8) is 0 Å². The number of amides is 1. The number of benzene rings is 1. The predicted molar refractivity (Wildman–Crippen MR) is 99.2 cm³/mol. The Morgan fingerprint density at radius 2 is 1.88 bits per heavy atom. The Balaban J connectivity index is 1.92. The van der Waals surface area contributed by atoms with Gasteiger partial charge in [-0.05, 0) is 45.0 Å². The van der Waals surface area contributed by atoms with Crippen LogP contribution in [0.15, 0.2) is 48.8 Å². The standard InChI is InChI=1S/C19H21N5O/c1-19(2,3)24-16(25)12-21-18-14-8-4-5-9-15(14)22-17(23-18)13-7-6-10-20-11-13/h4-11H,12H2,1-3H3,(H,24,25)(H,21,22,23). The molecule has 0 unspecified atom stereocenters. The Bertz CT molecular complexity index is 887. The summed E-state index contributed by atoms with van der Waals surface area (Å²) in [5.41, 5.74) is 1.37. The summed E-state index contributed by atoms with van der Waals surface area (Å²) in [7, 11) is 0. The van der Waals surface area contributed by atoms with Crippen LogP contribution in [0.4, 0.5) is 5.82 Å². The fourth-order valence-corrected chi connectivity index (χ4v) is 2.46. The lowest BCUT2D eigenvalue weighted by Gasteiger charge is -2.20. The van der Waals surface area contributed by atoms with Gasteiger partial charge < -0.3 is 10.6 Å². The van der Waals surface area contributed by atoms with E-state index in [0.29, 0.717) is 11.6 Å². The van der Waals surface area contributed by atoms with Crippen LogP contribution in [0.1, 0.15) is 20.8 Å². The zero-order chi connectivity index (χ0) is 17.9. The second-order valence-corrected chi connectivity index (χ2v) is 6.81. The maximum atomic E-state index is 12.1. The number of nitrogens with zero attached hydrogens (tertiary/aromatic N) is 3. The van der Waals surface area contributed by atoms with Crippen molar-refractivity contribution in [1.82, 2.24) is 20.3 Å². The van der Waals surface area contributed by atoms with Gasteiger partial charge in [-0.2, -0.15) is 0 Å². The first kappa shape index (κ1) is 16.8. The summed E-state index contributed by atoms with van der Waals surface area (Å²) in [5.74, 6) is 1.12. The Morgan fingerprint density at radius 1 is 1.08 bits per heavy atom. The summed E-state index contributed by atoms with van der Waals surface area (Å²) >= 11 is 0. The number of fused-ring (bicyclic) bond motifs is 1. The molecule has 1 amide bonds. The second kappa shape index (κ2) is 6.84. The van der Waals surface area contributed by atoms with E-state index >= 15 is 0 Å². The van der Waals surface area contributed by atoms with Crippen molar-refractivity contribution in [3.8, 4) is 11.4 Å². The number of aromatic nitrogens is 3. The van der Waals surface area contributed by atoms with E-state index in [-0.39, 0.29) is 18.0 Å². The monoisotopic (exact) mass is 335 g/mol. The number of rotatable bonds is 4. The minimum atomic E-state index is -0.270. The van der Waals surface area contributed by atoms with E-state index < -0.39 is 0 Å². The number of carbonyl (C=O) groups excluding carboxylic acids is 1. The Kier molecular flexibility index (Phi) is 4.61. The maximum absolute atomic E-state index is 12.1. The fraction of sp³-hybridized carbons (Fsp3) is 0.263. The molecule has 6 nitrogen and oxygen atoms in total. The number of hydrogen-bond donors (Lipinski definition) is 2. The molecule has 3 aromatic rings. The molecular formula is C19H21N5O. The van der Waals surface area contributed by atoms with Crippen molar-refractivity contribution >= 4 is 22.6 Å². The maximum Gasteiger partial charge on any atom is 0.239 e. The van der Waals surface area contributed by atoms with Gasteiger partial charge in [0.2, 0.25) is 5.91 Å². The van der Waals surface area contributed by atoms with Gasteiger partial charge in [0.15, 0.2) is 5.82 Å². The first-order chi connectivity index (χ1) is 11.9. The third kappa shape index (κ3) is 4.29. The number of anilines is 1. The average Bonchev–Trinajstić information content (AvgIpc) is 2.58. The molecule has 0 aliphatic carbocycles. The van der Waals surface area contributed by atoms with Crippen LogP contribution in [0.25, 0.3) is 22.3 Å². The molecule has 3 rings (SSSR count). The minimum Gasteiger partial charge on any atom is -0.360 e. The molecule has 1 aromatic carbocycles. The van der Waals surface area contributed by atoms with Crippen LogP contribution in [0.2, 0.25) is 0 Å². The summed E-state index contributed by atoms with van der Waals surface area (Å²) in [5, 5.41) is 6.94. The SMILES string of the molecule is CC(C)(C)NC(=O)CNc1nc(-c2cccnc2)nc2ccccc12. The van der Waals surface area contributed by atoms with Crippen molar-refractivity contribution in [2.75, 3.05) is 11.9 Å². The summed E-state index contributed by atoms with van der Waals surface area (Å²) in [6.45, 7) is 5.99. The van der Waals surface area contributed by atoms with E-state index in [0.717, 1.165) is 16.5 Å². The van der Waals surface area contributed by atoms with E-state index in [2.05, 4.69) is 25.6 Å². The second-order valence-electron chi connectivity index (χ2n) is 6.81. The van der Waals surface area contributed by atoms with Gasteiger partial charge >= 0.3 is 0 Å². The zero-order valence-corrected chi connectivity index (χ0v) is 14.6. The number of carbonyl (C=O) groups is 1. The molecule has 0 saturated carbocycles. The van der Waals surface area contributed by atoms with Gasteiger partial charge in [0.1, 0.15) is 5.82 Å². The van der Waals surface area contributed by atoms with Gasteiger partial charge in [-0.15, -0.1) is 0 Å². The van der Waals surface area contributed by atoms with Crippen LogP contribution in [0, 0.1) is 0 Å². The highest BCUT2D eigenvalue weighted by molar-refractivity contribution is 5.92. The molecule has 128 valence electrons. The Hall–Kier alpha value is -3.02. The van der Waals surface area contributed by atoms with Crippen molar-refractivity contribution < 1.29 is 4.79 Å². The third-order valence-corrected chi connectivity index (χ3v) is 3.45. The predicted octanol–water partition coefficient (Wildman–Crippen LogP) is 3.02. The number of para-hydroxylation sites is 1. The highest BCUT2D eigenvalue weighted by Crippen LogP contribution is 2.24. The van der Waals surface area contributed by atoms with Crippen molar-refractivity contribution in [2.24, 2.45) is 0 Å². The molecule has 25 heavy (non-hydrogen) atoms. The summed E-state index contributed by atoms with van der Waals surface area (Å²) in [6.07, 6.45) is 3.43. The lowest BCUT2D eigenvalue weighted by Crippen LogP contribution is -2.43. The van der Waals surface area contributed by atoms with Crippen LogP contribution in [0.5, 0.6) is 0 Å². The molecule has 0 atom stereocenters. The van der Waals surface area contributed by atoms with E-state index in [1.54, 1.807) is 12.4 Å². The van der Waals surface area contributed by atoms with Crippen molar-refractivity contribution in [3.05, 3.63) is 48.8 Å². The molecule has 0 spiro atoms. The highest BCUT2D eigenvalue weighted by atomic mass is 16.2. The first-order valence-corrected chi connectivity index (χ1v) is 8.14. The molecule has 0 radical (unpaired) electrons. The fourth-order valence-electron chi connectivity index (χ4n) is 2.46. The molecule has 2 heterocycles. The van der Waals surface area contributed by atoms with Gasteiger partial charge in [-0.3, -0.25) is 9.78 Å². The smallest absolute Gasteiger partial charge is 0.239 e. The molecule has 0 bridgehead atoms. The van der Waals surface area contributed by atoms with Gasteiger partial charge in [-0.1, -0.05) is 12.1 Å². The van der Waals surface area contributed by atoms with Gasteiger partial charge in [0.05, 0.1) is 12.1 Å². The van der Waals surface area contributed by atoms with Crippen LogP contribution >= 0.6 is 0 Å². The number of nitrogens with one attached hydrogen (secondary N) is 2. The average molecular weight is 335 g/mol. The Morgan fingerprint density at radius 3 is 2.60 bits per heavy atom. The summed E-state index contributed by atoms with van der Waals surface area (Å²) < 4.78 is 0. The zero-order valence-electron chi connectivity index (χ0n) is 14.6. The summed E-state index contributed by atoms with van der Waals surface area (Å²) in [6, 6.07) is 11.5. The van der Waals surface area contributed by atoms with Gasteiger partial charge in [0.25, 0.3) is 0 Å². The molecule has 2 aromatic heterocycles. The van der Waals surface area contributed by atoms with Gasteiger partial charge in [-0.25, -0.2) is 9.97 Å². The molecular weight excluding hydrogens is 314 g/mol. The molecule has 6 heteroatoms. The molecule has 0 fully saturated rings. The molecule has 2 N–H and O–H groups in total. The van der Waals surface area contributed by atoms with E-state index in [1.165, 1.54) is 0 Å². The molecule has 0 saturated heterocycles. The minimum absolute atomic E-state index is 0.0851. The molecule has 0 aliphatic heterocycles. The first-order valence-electron chi connectivity index (χ1n) is 8.14. The highest BCUT2D eigenvalue weighted by Gasteiger charge is 2.15. The topological polar surface area (TPSA) is 79.8 Å². The Labute approximate surface area is 146 Å². The summed E-state index contributed by atoms with van der Waals surface area (Å²) in [4.78, 5) is 25.4. The number of pyridine rings is 1. The van der Waals surface area contributed by atoms with Crippen LogP contribution < -0.4 is 10.6 Å². The molecule has 0 aliphatic rings. The van der Waals surface area contributed by atoms with E-state index in [4.69, 9.17) is 0 Å².